The average Bonchev–Trinajstić information content (AvgIpc) is 2.55. The molecule has 0 radical (unpaired) electrons. The van der Waals surface area contributed by atoms with E-state index in [1.807, 2.05) is 0 Å². The summed E-state index contributed by atoms with van der Waals surface area (Å²) in [5, 5.41) is 3.78. The Hall–Kier alpha value is -1.98. The summed E-state index contributed by atoms with van der Waals surface area (Å²) in [4.78, 5) is 0. The van der Waals surface area contributed by atoms with E-state index in [4.69, 9.17) is 5.73 Å². The second kappa shape index (κ2) is 3.55. The number of aromatic nitrogens is 2. The Morgan fingerprint density at radius 2 is 1.88 bits per heavy atom. The number of hydrogen-bond acceptors (Lipinski definition) is 2. The lowest BCUT2D eigenvalue weighted by atomic mass is 10.2. The van der Waals surface area contributed by atoms with Crippen LogP contribution >= 0.6 is 0 Å². The van der Waals surface area contributed by atoms with Crippen molar-refractivity contribution in [3.63, 3.8) is 0 Å². The molecule has 0 saturated heterocycles. The van der Waals surface area contributed by atoms with E-state index in [2.05, 4.69) is 5.10 Å². The molecule has 1 aromatic heterocycles. The molecule has 0 saturated carbocycles. The number of nitrogens with zero attached hydrogens (tertiary/aromatic N) is 2. The van der Waals surface area contributed by atoms with Gasteiger partial charge in [-0.25, -0.2) is 17.9 Å². The average molecular weight is 227 g/mol. The minimum atomic E-state index is -1.52. The van der Waals surface area contributed by atoms with E-state index in [0.717, 1.165) is 16.8 Å². The fraction of sp³-hybridized carbons (Fsp3) is 0.100. The van der Waals surface area contributed by atoms with Gasteiger partial charge in [-0.3, -0.25) is 0 Å². The van der Waals surface area contributed by atoms with Gasteiger partial charge in [0.25, 0.3) is 0 Å². The largest absolute Gasteiger partial charge is 0.382 e. The van der Waals surface area contributed by atoms with Crippen molar-refractivity contribution in [1.29, 1.82) is 0 Å². The fourth-order valence-corrected chi connectivity index (χ4v) is 1.42. The number of halogens is 3. The molecule has 0 spiro atoms. The topological polar surface area (TPSA) is 43.8 Å². The highest BCUT2D eigenvalue weighted by Gasteiger charge is 2.16. The highest BCUT2D eigenvalue weighted by molar-refractivity contribution is 5.40. The van der Waals surface area contributed by atoms with Gasteiger partial charge in [-0.2, -0.15) is 5.10 Å². The van der Waals surface area contributed by atoms with Gasteiger partial charge in [-0.05, 0) is 19.1 Å². The Morgan fingerprint density at radius 1 is 1.19 bits per heavy atom. The number of nitrogen functional groups attached to an aromatic ring is 1. The summed E-state index contributed by atoms with van der Waals surface area (Å²) in [5.74, 6) is -3.86. The molecular formula is C10H8F3N3. The SMILES string of the molecule is Cc1cc(N)nn1-c1ccc(F)c(F)c1F. The summed E-state index contributed by atoms with van der Waals surface area (Å²) in [7, 11) is 0. The molecule has 0 fully saturated rings. The van der Waals surface area contributed by atoms with Crippen LogP contribution in [0.2, 0.25) is 0 Å². The Kier molecular flexibility index (Phi) is 2.34. The third-order valence-electron chi connectivity index (χ3n) is 2.15. The Labute approximate surface area is 89.3 Å². The zero-order valence-electron chi connectivity index (χ0n) is 8.34. The maximum Gasteiger partial charge on any atom is 0.196 e. The van der Waals surface area contributed by atoms with E-state index in [9.17, 15) is 13.2 Å². The van der Waals surface area contributed by atoms with Crippen molar-refractivity contribution in [2.24, 2.45) is 0 Å². The van der Waals surface area contributed by atoms with Gasteiger partial charge < -0.3 is 5.73 Å². The molecule has 84 valence electrons. The molecule has 3 nitrogen and oxygen atoms in total. The van der Waals surface area contributed by atoms with Gasteiger partial charge in [-0.15, -0.1) is 0 Å². The van der Waals surface area contributed by atoms with Crippen LogP contribution in [-0.2, 0) is 0 Å². The molecule has 2 N–H and O–H groups in total. The molecule has 0 atom stereocenters. The van der Waals surface area contributed by atoms with E-state index in [1.54, 1.807) is 6.92 Å². The van der Waals surface area contributed by atoms with E-state index < -0.39 is 17.5 Å². The molecule has 2 aromatic rings. The van der Waals surface area contributed by atoms with Crippen LogP contribution in [0.5, 0.6) is 0 Å². The summed E-state index contributed by atoms with van der Waals surface area (Å²) in [6, 6.07) is 3.44. The number of aryl methyl sites for hydroxylation is 1. The van der Waals surface area contributed by atoms with E-state index in [0.29, 0.717) is 5.69 Å². The number of benzene rings is 1. The smallest absolute Gasteiger partial charge is 0.196 e. The third-order valence-corrected chi connectivity index (χ3v) is 2.15. The van der Waals surface area contributed by atoms with Crippen molar-refractivity contribution in [3.8, 4) is 5.69 Å². The summed E-state index contributed by atoms with van der Waals surface area (Å²) in [6.45, 7) is 1.63. The maximum atomic E-state index is 13.4. The lowest BCUT2D eigenvalue weighted by Gasteiger charge is -2.06. The first-order valence-corrected chi connectivity index (χ1v) is 4.46. The van der Waals surface area contributed by atoms with Crippen LogP contribution < -0.4 is 5.73 Å². The van der Waals surface area contributed by atoms with Crippen LogP contribution in [0.1, 0.15) is 5.69 Å². The molecule has 0 aliphatic heterocycles. The van der Waals surface area contributed by atoms with Crippen molar-refractivity contribution in [2.75, 3.05) is 5.73 Å². The van der Waals surface area contributed by atoms with Crippen molar-refractivity contribution in [1.82, 2.24) is 9.78 Å². The highest BCUT2D eigenvalue weighted by atomic mass is 19.2. The van der Waals surface area contributed by atoms with Crippen LogP contribution in [0.25, 0.3) is 5.69 Å². The van der Waals surface area contributed by atoms with Gasteiger partial charge in [0.15, 0.2) is 17.5 Å². The molecule has 0 amide bonds. The predicted molar refractivity (Wildman–Crippen MR) is 52.6 cm³/mol. The van der Waals surface area contributed by atoms with Crippen LogP contribution in [0, 0.1) is 24.4 Å². The first-order chi connectivity index (χ1) is 7.50. The van der Waals surface area contributed by atoms with Gasteiger partial charge in [0.05, 0.1) is 0 Å². The van der Waals surface area contributed by atoms with Gasteiger partial charge in [0, 0.05) is 11.8 Å². The van der Waals surface area contributed by atoms with Gasteiger partial charge >= 0.3 is 0 Å². The van der Waals surface area contributed by atoms with Gasteiger partial charge in [0.1, 0.15) is 11.5 Å². The molecule has 2 rings (SSSR count). The molecule has 6 heteroatoms. The molecular weight excluding hydrogens is 219 g/mol. The second-order valence-corrected chi connectivity index (χ2v) is 3.32. The first kappa shape index (κ1) is 10.5. The predicted octanol–water partition coefficient (Wildman–Crippen LogP) is 2.18. The fourth-order valence-electron chi connectivity index (χ4n) is 1.42. The molecule has 0 unspecified atom stereocenters. The lowest BCUT2D eigenvalue weighted by Crippen LogP contribution is -2.05. The zero-order chi connectivity index (χ0) is 11.9. The number of anilines is 1. The van der Waals surface area contributed by atoms with E-state index in [1.165, 1.54) is 6.07 Å². The van der Waals surface area contributed by atoms with Crippen molar-refractivity contribution in [2.45, 2.75) is 6.92 Å². The van der Waals surface area contributed by atoms with E-state index in [-0.39, 0.29) is 11.5 Å². The number of rotatable bonds is 1. The second-order valence-electron chi connectivity index (χ2n) is 3.32. The normalized spacial score (nSPS) is 10.8. The lowest BCUT2D eigenvalue weighted by molar-refractivity contribution is 0.443. The minimum absolute atomic E-state index is 0.173. The van der Waals surface area contributed by atoms with Gasteiger partial charge in [0.2, 0.25) is 0 Å². The monoisotopic (exact) mass is 227 g/mol. The van der Waals surface area contributed by atoms with Crippen LogP contribution in [0.4, 0.5) is 19.0 Å². The Balaban J connectivity index is 2.65. The van der Waals surface area contributed by atoms with Gasteiger partial charge in [-0.1, -0.05) is 0 Å². The summed E-state index contributed by atoms with van der Waals surface area (Å²) in [6.07, 6.45) is 0. The Bertz CT molecular complexity index is 548. The van der Waals surface area contributed by atoms with Crippen molar-refractivity contribution in [3.05, 3.63) is 41.3 Å². The zero-order valence-corrected chi connectivity index (χ0v) is 8.34. The number of nitrogens with two attached hydrogens (primary N) is 1. The molecule has 1 aromatic carbocycles. The third kappa shape index (κ3) is 1.52. The molecule has 0 aliphatic rings. The number of hydrogen-bond donors (Lipinski definition) is 1. The van der Waals surface area contributed by atoms with E-state index >= 15 is 0 Å². The summed E-state index contributed by atoms with van der Waals surface area (Å²) in [5.41, 5.74) is 5.77. The highest BCUT2D eigenvalue weighted by Crippen LogP contribution is 2.20. The Morgan fingerprint density at radius 3 is 2.44 bits per heavy atom. The summed E-state index contributed by atoms with van der Waals surface area (Å²) >= 11 is 0. The van der Waals surface area contributed by atoms with Crippen LogP contribution in [-0.4, -0.2) is 9.78 Å². The van der Waals surface area contributed by atoms with Crippen LogP contribution in [0.15, 0.2) is 18.2 Å². The standard InChI is InChI=1S/C10H8F3N3/c1-5-4-8(14)15-16(5)7-3-2-6(11)9(12)10(7)13/h2-4H,1H3,(H2,14,15). The molecule has 0 bridgehead atoms. The summed E-state index contributed by atoms with van der Waals surface area (Å²) < 4.78 is 40.2. The van der Waals surface area contributed by atoms with Crippen molar-refractivity contribution < 1.29 is 13.2 Å². The quantitative estimate of drug-likeness (QED) is 0.759. The van der Waals surface area contributed by atoms with Crippen molar-refractivity contribution >= 4 is 5.82 Å². The molecule has 1 heterocycles. The molecule has 0 aliphatic carbocycles. The molecule has 16 heavy (non-hydrogen) atoms. The van der Waals surface area contributed by atoms with Crippen LogP contribution in [0.3, 0.4) is 0 Å². The minimum Gasteiger partial charge on any atom is -0.382 e. The first-order valence-electron chi connectivity index (χ1n) is 4.46. The maximum absolute atomic E-state index is 13.4.